The van der Waals surface area contributed by atoms with E-state index >= 15 is 0 Å². The summed E-state index contributed by atoms with van der Waals surface area (Å²) >= 11 is 0. The maximum atomic E-state index is 11.4. The Balaban J connectivity index is 0.000000839. The Labute approximate surface area is 345 Å². The first-order valence-electron chi connectivity index (χ1n) is 20.1. The first kappa shape index (κ1) is 44.4. The number of allylic oxidation sites excluding steroid dienone is 2. The highest BCUT2D eigenvalue weighted by Gasteiger charge is 2.31. The maximum absolute atomic E-state index is 11.4. The van der Waals surface area contributed by atoms with E-state index in [0.29, 0.717) is 62.6 Å². The molecule has 0 aliphatic carbocycles. The quantitative estimate of drug-likeness (QED) is 0.0733. The average molecular weight is 832 g/mol. The van der Waals surface area contributed by atoms with Gasteiger partial charge in [0.25, 0.3) is 20.2 Å². The molecule has 13 heteroatoms. The molecule has 4 aromatic carbocycles. The molecule has 58 heavy (non-hydrogen) atoms. The highest BCUT2D eigenvalue weighted by Crippen LogP contribution is 2.43. The standard InChI is InChI=1S/C39H42N2O8S2.C6H15N/c1-2-29(25-38-40(21-9-11-23-50(42,43)44)34-27-32(17-19-36(34)48-38)30-13-5-3-6-14-30)26-39-41(22-10-12-24-51(45,46)47)35-28-33(18-20-37(35)49-39)31-15-7-4-8-16-31;1-4-7(5-2)6-3/h3-8,13-20,25-28,38H,2,9-12,21-24H2,1H3,(H,42,43,44)(H,45,46,47);4-6H2,1-3H3. The van der Waals surface area contributed by atoms with Crippen molar-refractivity contribution in [2.45, 2.75) is 66.0 Å². The van der Waals surface area contributed by atoms with Gasteiger partial charge in [0.15, 0.2) is 12.0 Å². The lowest BCUT2D eigenvalue weighted by molar-refractivity contribution is 0.271. The van der Waals surface area contributed by atoms with Crippen molar-refractivity contribution in [2.75, 3.05) is 54.0 Å². The summed E-state index contributed by atoms with van der Waals surface area (Å²) in [6, 6.07) is 32.1. The zero-order valence-corrected chi connectivity index (χ0v) is 35.6. The van der Waals surface area contributed by atoms with Gasteiger partial charge in [-0.3, -0.25) is 9.11 Å². The summed E-state index contributed by atoms with van der Waals surface area (Å²) in [7, 11) is -8.14. The number of hydrogen-bond donors (Lipinski definition) is 2. The minimum atomic E-state index is -4.07. The largest absolute Gasteiger partial charge is 0.465 e. The van der Waals surface area contributed by atoms with Gasteiger partial charge in [-0.2, -0.15) is 16.8 Å². The molecule has 0 saturated heterocycles. The van der Waals surface area contributed by atoms with Crippen molar-refractivity contribution >= 4 is 31.6 Å². The molecular weight excluding hydrogens is 775 g/mol. The number of unbranched alkanes of at least 4 members (excludes halogenated alkanes) is 2. The Kier molecular flexibility index (Phi) is 16.0. The molecular formula is C45H57N3O8S2. The van der Waals surface area contributed by atoms with Crippen LogP contribution in [0.2, 0.25) is 0 Å². The molecule has 6 rings (SSSR count). The highest BCUT2D eigenvalue weighted by molar-refractivity contribution is 7.86. The molecule has 0 spiro atoms. The zero-order chi connectivity index (χ0) is 41.7. The van der Waals surface area contributed by atoms with Gasteiger partial charge in [-0.15, -0.1) is 0 Å². The lowest BCUT2D eigenvalue weighted by Crippen LogP contribution is -2.34. The number of fused-ring (bicyclic) bond motifs is 2. The number of hydrogen-bond acceptors (Lipinski definition) is 9. The third-order valence-corrected chi connectivity index (χ3v) is 11.9. The number of anilines is 2. The van der Waals surface area contributed by atoms with Gasteiger partial charge in [0, 0.05) is 19.2 Å². The molecule has 0 fully saturated rings. The lowest BCUT2D eigenvalue weighted by Gasteiger charge is -2.24. The van der Waals surface area contributed by atoms with Crippen molar-refractivity contribution in [3.63, 3.8) is 0 Å². The van der Waals surface area contributed by atoms with Crippen molar-refractivity contribution in [3.8, 4) is 33.8 Å². The first-order valence-corrected chi connectivity index (χ1v) is 23.4. The smallest absolute Gasteiger partial charge is 0.264 e. The Morgan fingerprint density at radius 2 is 1.17 bits per heavy atom. The topological polar surface area (TPSA) is 137 Å². The summed E-state index contributed by atoms with van der Waals surface area (Å²) < 4.78 is 77.1. The Hall–Kier alpha value is -4.66. The molecule has 2 N–H and O–H groups in total. The summed E-state index contributed by atoms with van der Waals surface area (Å²) in [6.45, 7) is 13.1. The minimum Gasteiger partial charge on any atom is -0.465 e. The van der Waals surface area contributed by atoms with E-state index in [2.05, 4.69) is 42.7 Å². The third-order valence-electron chi connectivity index (χ3n) is 10.3. The Morgan fingerprint density at radius 3 is 1.67 bits per heavy atom. The molecule has 2 aliphatic heterocycles. The predicted octanol–water partition coefficient (Wildman–Crippen LogP) is 9.31. The predicted molar refractivity (Wildman–Crippen MR) is 235 cm³/mol. The van der Waals surface area contributed by atoms with Gasteiger partial charge in [-0.25, -0.2) is 0 Å². The van der Waals surface area contributed by atoms with Gasteiger partial charge in [-0.1, -0.05) is 100 Å². The monoisotopic (exact) mass is 831 g/mol. The van der Waals surface area contributed by atoms with Gasteiger partial charge >= 0.3 is 0 Å². The van der Waals surface area contributed by atoms with Crippen molar-refractivity contribution < 1.29 is 35.4 Å². The maximum Gasteiger partial charge on any atom is 0.264 e. The molecule has 2 heterocycles. The molecule has 0 radical (unpaired) electrons. The van der Waals surface area contributed by atoms with Crippen LogP contribution in [0.3, 0.4) is 0 Å². The Bertz CT molecular complexity index is 2220. The van der Waals surface area contributed by atoms with Crippen molar-refractivity contribution in [1.29, 1.82) is 0 Å². The van der Waals surface area contributed by atoms with E-state index in [1.807, 2.05) is 109 Å². The van der Waals surface area contributed by atoms with E-state index < -0.39 is 26.5 Å². The van der Waals surface area contributed by atoms with E-state index in [9.17, 15) is 25.9 Å². The second-order valence-corrected chi connectivity index (χ2v) is 17.4. The second-order valence-electron chi connectivity index (χ2n) is 14.2. The first-order chi connectivity index (χ1) is 27.8. The average Bonchev–Trinajstić information content (AvgIpc) is 3.74. The molecule has 1 unspecified atom stereocenters. The summed E-state index contributed by atoms with van der Waals surface area (Å²) in [5.74, 6) is 1.37. The van der Waals surface area contributed by atoms with Gasteiger partial charge < -0.3 is 24.2 Å². The van der Waals surface area contributed by atoms with Crippen LogP contribution in [0.1, 0.15) is 59.8 Å². The highest BCUT2D eigenvalue weighted by atomic mass is 32.2. The van der Waals surface area contributed by atoms with Crippen LogP contribution in [0.15, 0.2) is 121 Å². The zero-order valence-electron chi connectivity index (χ0n) is 34.0. The van der Waals surface area contributed by atoms with E-state index in [0.717, 1.165) is 39.2 Å². The molecule has 0 bridgehead atoms. The van der Waals surface area contributed by atoms with Crippen LogP contribution in [0.25, 0.3) is 22.3 Å². The number of nitrogens with zero attached hydrogens (tertiary/aromatic N) is 3. The molecule has 0 aromatic heterocycles. The summed E-state index contributed by atoms with van der Waals surface area (Å²) in [6.07, 6.45) is 5.79. The molecule has 1 atom stereocenters. The van der Waals surface area contributed by atoms with Crippen LogP contribution >= 0.6 is 0 Å². The van der Waals surface area contributed by atoms with E-state index in [4.69, 9.17) is 9.47 Å². The minimum absolute atomic E-state index is 0.290. The molecule has 11 nitrogen and oxygen atoms in total. The second kappa shape index (κ2) is 20.9. The van der Waals surface area contributed by atoms with E-state index in [1.54, 1.807) is 0 Å². The summed E-state index contributed by atoms with van der Waals surface area (Å²) in [4.78, 5) is 6.53. The van der Waals surface area contributed by atoms with Crippen LogP contribution in [0.4, 0.5) is 11.4 Å². The number of rotatable bonds is 18. The fraction of sp³-hybridized carbons (Fsp3) is 0.378. The van der Waals surface area contributed by atoms with Crippen molar-refractivity contribution in [2.24, 2.45) is 0 Å². The third kappa shape index (κ3) is 12.7. The van der Waals surface area contributed by atoms with Crippen molar-refractivity contribution in [1.82, 2.24) is 4.90 Å². The SMILES string of the molecule is CCC(=CC1Oc2ccc(-c3ccccc3)cc2N1CCCCS(=O)(=O)O)C=C1Oc2ccc(-c3ccccc3)cc2N1CCCCS(=O)(=O)O.CCN(CC)CC. The normalized spacial score (nSPS) is 15.8. The summed E-state index contributed by atoms with van der Waals surface area (Å²) in [5, 5.41) is 0. The molecule has 2 aliphatic rings. The molecule has 0 saturated carbocycles. The number of ether oxygens (including phenoxy) is 2. The van der Waals surface area contributed by atoms with Crippen LogP contribution in [-0.2, 0) is 20.2 Å². The van der Waals surface area contributed by atoms with E-state index in [1.165, 1.54) is 19.6 Å². The lowest BCUT2D eigenvalue weighted by atomic mass is 10.0. The van der Waals surface area contributed by atoms with Crippen LogP contribution in [0.5, 0.6) is 11.5 Å². The van der Waals surface area contributed by atoms with Crippen LogP contribution < -0.4 is 19.3 Å². The van der Waals surface area contributed by atoms with Crippen molar-refractivity contribution in [3.05, 3.63) is 121 Å². The van der Waals surface area contributed by atoms with Gasteiger partial charge in [0.2, 0.25) is 5.88 Å². The molecule has 4 aromatic rings. The van der Waals surface area contributed by atoms with Gasteiger partial charge in [0.1, 0.15) is 5.75 Å². The fourth-order valence-corrected chi connectivity index (χ4v) is 8.14. The fourth-order valence-electron chi connectivity index (χ4n) is 7.00. The molecule has 312 valence electrons. The van der Waals surface area contributed by atoms with Crippen LogP contribution in [0, 0.1) is 0 Å². The molecule has 0 amide bonds. The number of benzene rings is 4. The van der Waals surface area contributed by atoms with Crippen LogP contribution in [-0.4, -0.2) is 81.3 Å². The van der Waals surface area contributed by atoms with Gasteiger partial charge in [-0.05, 0) is 110 Å². The van der Waals surface area contributed by atoms with Gasteiger partial charge in [0.05, 0.1) is 22.9 Å². The summed E-state index contributed by atoms with van der Waals surface area (Å²) in [5.41, 5.74) is 6.87. The van der Waals surface area contributed by atoms with E-state index in [-0.39, 0.29) is 11.5 Å². The Morgan fingerprint density at radius 1 is 0.655 bits per heavy atom.